The van der Waals surface area contributed by atoms with Crippen molar-refractivity contribution < 1.29 is 28.5 Å². The second kappa shape index (κ2) is 9.63. The summed E-state index contributed by atoms with van der Waals surface area (Å²) in [4.78, 5) is 20.7. The third kappa shape index (κ3) is 4.67. The van der Waals surface area contributed by atoms with E-state index in [4.69, 9.17) is 4.74 Å². The largest absolute Gasteiger partial charge is 0.479 e. The summed E-state index contributed by atoms with van der Waals surface area (Å²) < 4.78 is 34.0. The number of aliphatic hydroxyl groups is 1. The molecule has 186 valence electrons. The minimum atomic E-state index is -1.11. The molecule has 5 rings (SSSR count). The maximum atomic E-state index is 13.7. The number of benzene rings is 1. The van der Waals surface area contributed by atoms with Crippen molar-refractivity contribution in [2.45, 2.75) is 61.6 Å². The number of carboxylic acids is 1. The molecule has 2 aliphatic rings. The van der Waals surface area contributed by atoms with E-state index in [1.54, 1.807) is 6.07 Å². The van der Waals surface area contributed by atoms with Gasteiger partial charge in [0.25, 0.3) is 0 Å². The average molecular weight is 507 g/mol. The SMILES string of the molecule is CCCSc1nc(N[C@@H]2C[C@H]2c2ccc(F)c(F)c2)c2nnn([C@@H]3C[C@H](C(=O)O)O[C@H]3CO)c2n1. The predicted octanol–water partition coefficient (Wildman–Crippen LogP) is 2.75. The molecule has 0 radical (unpaired) electrons. The number of anilines is 1. The first-order valence-corrected chi connectivity index (χ1v) is 12.3. The maximum absolute atomic E-state index is 13.7. The first-order chi connectivity index (χ1) is 16.9. The Labute approximate surface area is 203 Å². The molecule has 3 aromatic rings. The zero-order chi connectivity index (χ0) is 24.7. The number of aliphatic carboxylic acids is 1. The maximum Gasteiger partial charge on any atom is 0.332 e. The number of aliphatic hydroxyl groups excluding tert-OH is 1. The molecular formula is C22H24F2N6O4S. The highest BCUT2D eigenvalue weighted by atomic mass is 32.2. The Hall–Kier alpha value is -2.90. The molecule has 1 saturated carbocycles. The first-order valence-electron chi connectivity index (χ1n) is 11.4. The van der Waals surface area contributed by atoms with Crippen molar-refractivity contribution in [3.05, 3.63) is 35.4 Å². The van der Waals surface area contributed by atoms with Crippen LogP contribution in [0.1, 0.15) is 43.7 Å². The van der Waals surface area contributed by atoms with Crippen molar-refractivity contribution in [3.63, 3.8) is 0 Å². The van der Waals surface area contributed by atoms with Crippen LogP contribution in [0, 0.1) is 11.6 Å². The van der Waals surface area contributed by atoms with E-state index in [1.165, 1.54) is 22.5 Å². The number of thioether (sulfide) groups is 1. The summed E-state index contributed by atoms with van der Waals surface area (Å²) in [6.07, 6.45) is -0.0834. The lowest BCUT2D eigenvalue weighted by molar-refractivity contribution is -0.150. The lowest BCUT2D eigenvalue weighted by atomic mass is 10.1. The van der Waals surface area contributed by atoms with E-state index in [0.717, 1.165) is 18.2 Å². The predicted molar refractivity (Wildman–Crippen MR) is 122 cm³/mol. The number of nitrogens with one attached hydrogen (secondary N) is 1. The van der Waals surface area contributed by atoms with Crippen molar-refractivity contribution in [3.8, 4) is 0 Å². The van der Waals surface area contributed by atoms with Crippen molar-refractivity contribution in [2.75, 3.05) is 17.7 Å². The van der Waals surface area contributed by atoms with Gasteiger partial charge in [0.1, 0.15) is 6.10 Å². The van der Waals surface area contributed by atoms with Crippen LogP contribution < -0.4 is 5.32 Å². The van der Waals surface area contributed by atoms with Crippen molar-refractivity contribution in [2.24, 2.45) is 0 Å². The molecule has 3 heterocycles. The van der Waals surface area contributed by atoms with Gasteiger partial charge in [0.05, 0.1) is 12.6 Å². The summed E-state index contributed by atoms with van der Waals surface area (Å²) in [5.74, 6) is -1.62. The summed E-state index contributed by atoms with van der Waals surface area (Å²) in [5.41, 5.74) is 1.51. The molecule has 5 atom stereocenters. The van der Waals surface area contributed by atoms with Gasteiger partial charge >= 0.3 is 5.97 Å². The summed E-state index contributed by atoms with van der Waals surface area (Å²) in [6, 6.07) is 3.30. The van der Waals surface area contributed by atoms with E-state index in [1.807, 2.05) is 6.92 Å². The number of ether oxygens (including phenoxy) is 1. The second-order valence-electron chi connectivity index (χ2n) is 8.66. The molecule has 13 heteroatoms. The number of carbonyl (C=O) groups is 1. The Morgan fingerprint density at radius 2 is 2.11 bits per heavy atom. The molecule has 1 aliphatic carbocycles. The number of halogens is 2. The van der Waals surface area contributed by atoms with E-state index in [9.17, 15) is 23.8 Å². The van der Waals surface area contributed by atoms with Crippen LogP contribution in [0.2, 0.25) is 0 Å². The topological polar surface area (TPSA) is 135 Å². The van der Waals surface area contributed by atoms with Gasteiger partial charge in [-0.15, -0.1) is 5.10 Å². The summed E-state index contributed by atoms with van der Waals surface area (Å²) >= 11 is 1.47. The van der Waals surface area contributed by atoms with Gasteiger partial charge in [-0.1, -0.05) is 30.0 Å². The molecule has 2 fully saturated rings. The average Bonchev–Trinajstić information content (AvgIpc) is 3.26. The molecule has 0 bridgehead atoms. The van der Waals surface area contributed by atoms with Crippen LogP contribution in [-0.4, -0.2) is 71.8 Å². The molecule has 10 nitrogen and oxygen atoms in total. The monoisotopic (exact) mass is 506 g/mol. The fraction of sp³-hybridized carbons (Fsp3) is 0.500. The van der Waals surface area contributed by atoms with Crippen LogP contribution in [-0.2, 0) is 9.53 Å². The van der Waals surface area contributed by atoms with Crippen LogP contribution in [0.15, 0.2) is 23.4 Å². The third-order valence-electron chi connectivity index (χ3n) is 6.22. The standard InChI is InChI=1S/C22H24F2N6O4S/c1-2-5-35-22-26-19(25-14-7-11(14)10-3-4-12(23)13(24)6-10)18-20(27-22)30(29-28-18)15-8-16(21(32)33)34-17(15)9-31/h3-4,6,11,14-17,31H,2,5,7-9H2,1H3,(H,32,33)(H,25,26,27)/t11-,14+,15+,16+,17-/m0/s1. The molecule has 1 saturated heterocycles. The molecule has 0 unspecified atom stereocenters. The molecule has 1 aliphatic heterocycles. The van der Waals surface area contributed by atoms with Crippen LogP contribution in [0.4, 0.5) is 14.6 Å². The number of hydrogen-bond acceptors (Lipinski definition) is 9. The molecule has 0 spiro atoms. The Kier molecular flexibility index (Phi) is 6.55. The Morgan fingerprint density at radius 3 is 2.83 bits per heavy atom. The summed E-state index contributed by atoms with van der Waals surface area (Å²) in [6.45, 7) is 1.67. The van der Waals surface area contributed by atoms with Crippen LogP contribution in [0.3, 0.4) is 0 Å². The van der Waals surface area contributed by atoms with Crippen molar-refractivity contribution in [1.82, 2.24) is 25.0 Å². The smallest absolute Gasteiger partial charge is 0.332 e. The number of hydrogen-bond donors (Lipinski definition) is 3. The highest BCUT2D eigenvalue weighted by molar-refractivity contribution is 7.99. The molecule has 1 aromatic carbocycles. The van der Waals surface area contributed by atoms with Gasteiger partial charge < -0.3 is 20.3 Å². The van der Waals surface area contributed by atoms with Crippen LogP contribution >= 0.6 is 11.8 Å². The van der Waals surface area contributed by atoms with Gasteiger partial charge in [0, 0.05) is 24.1 Å². The van der Waals surface area contributed by atoms with Gasteiger partial charge in [-0.05, 0) is 30.5 Å². The van der Waals surface area contributed by atoms with E-state index < -0.39 is 35.9 Å². The van der Waals surface area contributed by atoms with E-state index >= 15 is 0 Å². The molecule has 35 heavy (non-hydrogen) atoms. The molecule has 3 N–H and O–H groups in total. The number of rotatable bonds is 9. The minimum Gasteiger partial charge on any atom is -0.479 e. The van der Waals surface area contributed by atoms with Gasteiger partial charge in [0.2, 0.25) is 0 Å². The molecule has 0 amide bonds. The highest BCUT2D eigenvalue weighted by Gasteiger charge is 2.42. The lowest BCUT2D eigenvalue weighted by Crippen LogP contribution is -2.25. The van der Waals surface area contributed by atoms with Crippen molar-refractivity contribution >= 4 is 34.7 Å². The van der Waals surface area contributed by atoms with Crippen molar-refractivity contribution in [1.29, 1.82) is 0 Å². The Balaban J connectivity index is 1.45. The van der Waals surface area contributed by atoms with E-state index in [0.29, 0.717) is 34.1 Å². The van der Waals surface area contributed by atoms with E-state index in [2.05, 4.69) is 25.6 Å². The fourth-order valence-corrected chi connectivity index (χ4v) is 5.04. The highest BCUT2D eigenvalue weighted by Crippen LogP contribution is 2.44. The van der Waals surface area contributed by atoms with Gasteiger partial charge in [0.15, 0.2) is 39.9 Å². The molecule has 2 aromatic heterocycles. The second-order valence-corrected chi connectivity index (χ2v) is 9.73. The summed E-state index contributed by atoms with van der Waals surface area (Å²) in [5, 5.41) is 31.4. The van der Waals surface area contributed by atoms with Gasteiger partial charge in [-0.3, -0.25) is 0 Å². The first kappa shape index (κ1) is 23.8. The van der Waals surface area contributed by atoms with Crippen LogP contribution in [0.5, 0.6) is 0 Å². The van der Waals surface area contributed by atoms with Gasteiger partial charge in [-0.2, -0.15) is 0 Å². The quantitative estimate of drug-likeness (QED) is 0.294. The normalized spacial score (nSPS) is 25.8. The van der Waals surface area contributed by atoms with Gasteiger partial charge in [-0.25, -0.2) is 28.2 Å². The van der Waals surface area contributed by atoms with Crippen LogP contribution in [0.25, 0.3) is 11.2 Å². The molecular weight excluding hydrogens is 482 g/mol. The third-order valence-corrected chi connectivity index (χ3v) is 7.27. The zero-order valence-electron chi connectivity index (χ0n) is 18.8. The number of fused-ring (bicyclic) bond motifs is 1. The van der Waals surface area contributed by atoms with E-state index in [-0.39, 0.29) is 25.0 Å². The zero-order valence-corrected chi connectivity index (χ0v) is 19.6. The number of aromatic nitrogens is 5. The summed E-state index contributed by atoms with van der Waals surface area (Å²) in [7, 11) is 0. The minimum absolute atomic E-state index is 0.00442. The number of nitrogens with zero attached hydrogens (tertiary/aromatic N) is 5. The lowest BCUT2D eigenvalue weighted by Gasteiger charge is -2.16. The Morgan fingerprint density at radius 1 is 1.29 bits per heavy atom. The Bertz CT molecular complexity index is 1260. The fourth-order valence-electron chi connectivity index (χ4n) is 4.34. The number of carboxylic acid groups (broad SMARTS) is 1.